The Morgan fingerprint density at radius 1 is 1.12 bits per heavy atom. The van der Waals surface area contributed by atoms with Gasteiger partial charge >= 0.3 is 0 Å². The van der Waals surface area contributed by atoms with Crippen LogP contribution in [-0.2, 0) is 18.4 Å². The molecule has 1 saturated heterocycles. The molecule has 134 valence electrons. The minimum absolute atomic E-state index is 0.0683. The van der Waals surface area contributed by atoms with Gasteiger partial charge in [-0.2, -0.15) is 0 Å². The first-order chi connectivity index (χ1) is 12.5. The summed E-state index contributed by atoms with van der Waals surface area (Å²) in [6.45, 7) is 1.24. The predicted octanol–water partition coefficient (Wildman–Crippen LogP) is 2.70. The fourth-order valence-electron chi connectivity index (χ4n) is 3.33. The number of hydrogen-bond donors (Lipinski definition) is 0. The molecule has 1 aliphatic heterocycles. The summed E-state index contributed by atoms with van der Waals surface area (Å²) in [7, 11) is 1.92. The Labute approximate surface area is 149 Å². The molecule has 0 spiro atoms. The van der Waals surface area contributed by atoms with E-state index < -0.39 is 11.6 Å². The summed E-state index contributed by atoms with van der Waals surface area (Å²) in [5.74, 6) is -0.410. The molecule has 26 heavy (non-hydrogen) atoms. The molecule has 0 N–H and O–H groups in total. The van der Waals surface area contributed by atoms with Gasteiger partial charge in [0.1, 0.15) is 11.6 Å². The van der Waals surface area contributed by atoms with E-state index in [1.54, 1.807) is 4.90 Å². The SMILES string of the molecule is Cn1c(N2CCN(Cc3cc(F)ccc3F)C(=O)C2)nc2ccccc21. The number of piperazine rings is 1. The number of halogens is 2. The molecule has 4 rings (SSSR count). The van der Waals surface area contributed by atoms with Crippen molar-refractivity contribution in [3.05, 3.63) is 59.7 Å². The number of carbonyl (C=O) groups excluding carboxylic acids is 1. The summed E-state index contributed by atoms with van der Waals surface area (Å²) in [4.78, 5) is 20.6. The van der Waals surface area contributed by atoms with Crippen LogP contribution >= 0.6 is 0 Å². The van der Waals surface area contributed by atoms with Gasteiger partial charge in [0, 0.05) is 32.2 Å². The van der Waals surface area contributed by atoms with Crippen molar-refractivity contribution in [1.82, 2.24) is 14.5 Å². The third-order valence-electron chi connectivity index (χ3n) is 4.73. The van der Waals surface area contributed by atoms with Crippen LogP contribution in [0.2, 0.25) is 0 Å². The number of fused-ring (bicyclic) bond motifs is 1. The summed E-state index contributed by atoms with van der Waals surface area (Å²) >= 11 is 0. The van der Waals surface area contributed by atoms with Crippen LogP contribution in [0.3, 0.4) is 0 Å². The molecule has 0 radical (unpaired) electrons. The maximum absolute atomic E-state index is 13.8. The van der Waals surface area contributed by atoms with Crippen molar-refractivity contribution in [3.8, 4) is 0 Å². The van der Waals surface area contributed by atoms with Crippen molar-refractivity contribution in [2.75, 3.05) is 24.5 Å². The number of nitrogens with zero attached hydrogens (tertiary/aromatic N) is 4. The van der Waals surface area contributed by atoms with Crippen LogP contribution in [-0.4, -0.2) is 40.0 Å². The quantitative estimate of drug-likeness (QED) is 0.725. The summed E-state index contributed by atoms with van der Waals surface area (Å²) in [6, 6.07) is 11.1. The van der Waals surface area contributed by atoms with E-state index in [4.69, 9.17) is 0 Å². The summed E-state index contributed by atoms with van der Waals surface area (Å²) in [6.07, 6.45) is 0. The molecule has 5 nitrogen and oxygen atoms in total. The number of amides is 1. The Bertz CT molecular complexity index is 985. The van der Waals surface area contributed by atoms with Crippen LogP contribution in [0.4, 0.5) is 14.7 Å². The smallest absolute Gasteiger partial charge is 0.242 e. The summed E-state index contributed by atoms with van der Waals surface area (Å²) in [5, 5.41) is 0. The van der Waals surface area contributed by atoms with Gasteiger partial charge in [0.25, 0.3) is 0 Å². The molecule has 1 aromatic heterocycles. The molecule has 1 aliphatic rings. The fraction of sp³-hybridized carbons (Fsp3) is 0.263. The second-order valence-corrected chi connectivity index (χ2v) is 6.43. The summed E-state index contributed by atoms with van der Waals surface area (Å²) in [5.41, 5.74) is 2.07. The predicted molar refractivity (Wildman–Crippen MR) is 94.7 cm³/mol. The van der Waals surface area contributed by atoms with Crippen molar-refractivity contribution < 1.29 is 13.6 Å². The largest absolute Gasteiger partial charge is 0.335 e. The average Bonchev–Trinajstić information content (AvgIpc) is 2.97. The number of carbonyl (C=O) groups is 1. The number of benzene rings is 2. The molecule has 2 aromatic carbocycles. The lowest BCUT2D eigenvalue weighted by atomic mass is 10.1. The number of imidazole rings is 1. The van der Waals surface area contributed by atoms with E-state index in [0.717, 1.165) is 35.2 Å². The topological polar surface area (TPSA) is 41.4 Å². The highest BCUT2D eigenvalue weighted by molar-refractivity contribution is 5.84. The zero-order chi connectivity index (χ0) is 18.3. The van der Waals surface area contributed by atoms with Crippen LogP contribution in [0.1, 0.15) is 5.56 Å². The zero-order valence-corrected chi connectivity index (χ0v) is 14.3. The van der Waals surface area contributed by atoms with E-state index in [2.05, 4.69) is 4.98 Å². The van der Waals surface area contributed by atoms with Crippen molar-refractivity contribution in [1.29, 1.82) is 0 Å². The number of rotatable bonds is 3. The first kappa shape index (κ1) is 16.5. The van der Waals surface area contributed by atoms with E-state index in [-0.39, 0.29) is 24.6 Å². The van der Waals surface area contributed by atoms with Gasteiger partial charge in [-0.25, -0.2) is 13.8 Å². The maximum atomic E-state index is 13.8. The number of aromatic nitrogens is 2. The molecule has 0 unspecified atom stereocenters. The Morgan fingerprint density at radius 2 is 1.92 bits per heavy atom. The molecular formula is C19H18F2N4O. The number of anilines is 1. The number of aryl methyl sites for hydroxylation is 1. The standard InChI is InChI=1S/C19H18F2N4O/c1-23-17-5-3-2-4-16(17)22-19(23)25-9-8-24(18(26)12-25)11-13-10-14(20)6-7-15(13)21/h2-7,10H,8-9,11-12H2,1H3. The van der Waals surface area contributed by atoms with E-state index in [1.807, 2.05) is 40.8 Å². The van der Waals surface area contributed by atoms with Crippen molar-refractivity contribution in [3.63, 3.8) is 0 Å². The summed E-state index contributed by atoms with van der Waals surface area (Å²) < 4.78 is 29.1. The minimum Gasteiger partial charge on any atom is -0.335 e. The average molecular weight is 356 g/mol. The normalized spacial score (nSPS) is 15.1. The monoisotopic (exact) mass is 356 g/mol. The van der Waals surface area contributed by atoms with Crippen LogP contribution < -0.4 is 4.90 Å². The minimum atomic E-state index is -0.507. The van der Waals surface area contributed by atoms with Crippen molar-refractivity contribution in [2.45, 2.75) is 6.54 Å². The van der Waals surface area contributed by atoms with E-state index >= 15 is 0 Å². The zero-order valence-electron chi connectivity index (χ0n) is 14.3. The second-order valence-electron chi connectivity index (χ2n) is 6.43. The third kappa shape index (κ3) is 2.89. The Kier molecular flexibility index (Phi) is 4.06. The van der Waals surface area contributed by atoms with Gasteiger partial charge in [-0.15, -0.1) is 0 Å². The highest BCUT2D eigenvalue weighted by Crippen LogP contribution is 2.23. The number of para-hydroxylation sites is 2. The lowest BCUT2D eigenvalue weighted by molar-refractivity contribution is -0.131. The van der Waals surface area contributed by atoms with Crippen LogP contribution in [0, 0.1) is 11.6 Å². The lowest BCUT2D eigenvalue weighted by Gasteiger charge is -2.34. The Hall–Kier alpha value is -2.96. The molecule has 0 saturated carbocycles. The molecular weight excluding hydrogens is 338 g/mol. The van der Waals surface area contributed by atoms with E-state index in [1.165, 1.54) is 0 Å². The van der Waals surface area contributed by atoms with Gasteiger partial charge in [0.15, 0.2) is 0 Å². The molecule has 1 fully saturated rings. The highest BCUT2D eigenvalue weighted by Gasteiger charge is 2.27. The van der Waals surface area contributed by atoms with E-state index in [9.17, 15) is 13.6 Å². The van der Waals surface area contributed by atoms with E-state index in [0.29, 0.717) is 13.1 Å². The van der Waals surface area contributed by atoms with Gasteiger partial charge in [-0.1, -0.05) is 12.1 Å². The molecule has 0 bridgehead atoms. The first-order valence-electron chi connectivity index (χ1n) is 8.41. The lowest BCUT2D eigenvalue weighted by Crippen LogP contribution is -2.50. The van der Waals surface area contributed by atoms with Crippen LogP contribution in [0.5, 0.6) is 0 Å². The van der Waals surface area contributed by atoms with Gasteiger partial charge in [-0.05, 0) is 30.3 Å². The molecule has 0 aliphatic carbocycles. The molecule has 1 amide bonds. The highest BCUT2D eigenvalue weighted by atomic mass is 19.1. The van der Waals surface area contributed by atoms with Gasteiger partial charge in [0.2, 0.25) is 11.9 Å². The molecule has 3 aromatic rings. The van der Waals surface area contributed by atoms with Crippen molar-refractivity contribution >= 4 is 22.9 Å². The number of hydrogen-bond acceptors (Lipinski definition) is 3. The first-order valence-corrected chi connectivity index (χ1v) is 8.41. The van der Waals surface area contributed by atoms with Gasteiger partial charge in [0.05, 0.1) is 17.6 Å². The third-order valence-corrected chi connectivity index (χ3v) is 4.73. The van der Waals surface area contributed by atoms with Crippen LogP contribution in [0.25, 0.3) is 11.0 Å². The van der Waals surface area contributed by atoms with Crippen LogP contribution in [0.15, 0.2) is 42.5 Å². The Balaban J connectivity index is 1.52. The second kappa shape index (κ2) is 6.40. The maximum Gasteiger partial charge on any atom is 0.242 e. The Morgan fingerprint density at radius 3 is 2.69 bits per heavy atom. The molecule has 2 heterocycles. The van der Waals surface area contributed by atoms with Crippen molar-refractivity contribution in [2.24, 2.45) is 7.05 Å². The van der Waals surface area contributed by atoms with Gasteiger partial charge in [-0.3, -0.25) is 4.79 Å². The molecule has 0 atom stereocenters. The molecule has 7 heteroatoms. The van der Waals surface area contributed by atoms with Gasteiger partial charge < -0.3 is 14.4 Å². The fourth-order valence-corrected chi connectivity index (χ4v) is 3.33.